The summed E-state index contributed by atoms with van der Waals surface area (Å²) in [5.74, 6) is -0.370. The number of benzene rings is 2. The summed E-state index contributed by atoms with van der Waals surface area (Å²) in [6.45, 7) is 3.86. The highest BCUT2D eigenvalue weighted by Crippen LogP contribution is 2.20. The molecule has 108 valence electrons. The maximum Gasteiger partial charge on any atom is 0.343 e. The molecule has 0 heterocycles. The van der Waals surface area contributed by atoms with Crippen LogP contribution >= 0.6 is 0 Å². The Hall–Kier alpha value is -2.62. The van der Waals surface area contributed by atoms with E-state index in [0.29, 0.717) is 16.9 Å². The number of methoxy groups -OCH3 is 1. The van der Waals surface area contributed by atoms with E-state index in [1.165, 1.54) is 31.4 Å². The fourth-order valence-corrected chi connectivity index (χ4v) is 1.93. The van der Waals surface area contributed by atoms with Gasteiger partial charge in [-0.1, -0.05) is 17.7 Å². The first kappa shape index (κ1) is 14.8. The second kappa shape index (κ2) is 6.22. The van der Waals surface area contributed by atoms with Crippen molar-refractivity contribution >= 4 is 11.9 Å². The molecule has 0 bridgehead atoms. The van der Waals surface area contributed by atoms with E-state index in [-0.39, 0.29) is 0 Å². The zero-order chi connectivity index (χ0) is 15.4. The average molecular weight is 284 g/mol. The molecule has 2 rings (SSSR count). The molecule has 0 aliphatic heterocycles. The van der Waals surface area contributed by atoms with Crippen molar-refractivity contribution in [3.8, 4) is 5.75 Å². The molecule has 0 aliphatic carbocycles. The summed E-state index contributed by atoms with van der Waals surface area (Å²) >= 11 is 0. The molecule has 0 N–H and O–H groups in total. The van der Waals surface area contributed by atoms with E-state index in [4.69, 9.17) is 4.74 Å². The van der Waals surface area contributed by atoms with Crippen LogP contribution < -0.4 is 4.74 Å². The second-order valence-corrected chi connectivity index (χ2v) is 4.73. The Morgan fingerprint density at radius 1 is 0.857 bits per heavy atom. The summed E-state index contributed by atoms with van der Waals surface area (Å²) in [6.07, 6.45) is 0. The van der Waals surface area contributed by atoms with Crippen molar-refractivity contribution in [1.82, 2.24) is 0 Å². The van der Waals surface area contributed by atoms with Gasteiger partial charge in [0.05, 0.1) is 18.2 Å². The smallest absolute Gasteiger partial charge is 0.343 e. The van der Waals surface area contributed by atoms with Gasteiger partial charge in [-0.25, -0.2) is 9.59 Å². The molecule has 0 aromatic heterocycles. The van der Waals surface area contributed by atoms with E-state index in [2.05, 4.69) is 4.74 Å². The van der Waals surface area contributed by atoms with Crippen LogP contribution in [-0.4, -0.2) is 19.0 Å². The van der Waals surface area contributed by atoms with Gasteiger partial charge >= 0.3 is 11.9 Å². The molecule has 0 amide bonds. The number of carbonyl (C=O) groups is 2. The maximum absolute atomic E-state index is 12.1. The highest BCUT2D eigenvalue weighted by atomic mass is 16.5. The topological polar surface area (TPSA) is 52.6 Å². The minimum Gasteiger partial charge on any atom is -0.465 e. The van der Waals surface area contributed by atoms with E-state index in [1.807, 2.05) is 26.0 Å². The maximum atomic E-state index is 12.1. The predicted octanol–water partition coefficient (Wildman–Crippen LogP) is 3.31. The van der Waals surface area contributed by atoms with Gasteiger partial charge < -0.3 is 9.47 Å². The molecular formula is C17H16O4. The Labute approximate surface area is 123 Å². The average Bonchev–Trinajstić information content (AvgIpc) is 2.49. The molecule has 4 heteroatoms. The lowest BCUT2D eigenvalue weighted by Gasteiger charge is -2.08. The number of aryl methyl sites for hydroxylation is 2. The van der Waals surface area contributed by atoms with Crippen LogP contribution in [0.15, 0.2) is 42.5 Å². The van der Waals surface area contributed by atoms with Crippen LogP contribution in [0.4, 0.5) is 0 Å². The van der Waals surface area contributed by atoms with Gasteiger partial charge in [-0.15, -0.1) is 0 Å². The third kappa shape index (κ3) is 3.48. The Morgan fingerprint density at radius 3 is 1.95 bits per heavy atom. The lowest BCUT2D eigenvalue weighted by atomic mass is 10.1. The predicted molar refractivity (Wildman–Crippen MR) is 78.7 cm³/mol. The van der Waals surface area contributed by atoms with E-state index in [0.717, 1.165) is 11.1 Å². The molecule has 0 saturated heterocycles. The van der Waals surface area contributed by atoms with Crippen molar-refractivity contribution < 1.29 is 19.1 Å². The minimum absolute atomic E-state index is 0.377. The van der Waals surface area contributed by atoms with Crippen LogP contribution in [0.1, 0.15) is 31.8 Å². The first-order valence-electron chi connectivity index (χ1n) is 6.49. The number of hydrogen-bond donors (Lipinski definition) is 0. The monoisotopic (exact) mass is 284 g/mol. The first-order chi connectivity index (χ1) is 10.0. The summed E-state index contributed by atoms with van der Waals surface area (Å²) in [4.78, 5) is 23.4. The van der Waals surface area contributed by atoms with Crippen LogP contribution in [-0.2, 0) is 4.74 Å². The number of ether oxygens (including phenoxy) is 2. The van der Waals surface area contributed by atoms with Gasteiger partial charge in [0.15, 0.2) is 0 Å². The Morgan fingerprint density at radius 2 is 1.43 bits per heavy atom. The standard InChI is InChI=1S/C17H16O4/c1-11-4-9-15(12(2)10-11)21-17(19)14-7-5-13(6-8-14)16(18)20-3/h4-10H,1-3H3. The first-order valence-corrected chi connectivity index (χ1v) is 6.49. The van der Waals surface area contributed by atoms with Crippen LogP contribution in [0.2, 0.25) is 0 Å². The number of rotatable bonds is 3. The van der Waals surface area contributed by atoms with E-state index in [9.17, 15) is 9.59 Å². The highest BCUT2D eigenvalue weighted by molar-refractivity contribution is 5.94. The molecule has 0 saturated carbocycles. The molecule has 21 heavy (non-hydrogen) atoms. The molecule has 4 nitrogen and oxygen atoms in total. The highest BCUT2D eigenvalue weighted by Gasteiger charge is 2.12. The quantitative estimate of drug-likeness (QED) is 0.641. The van der Waals surface area contributed by atoms with Crippen LogP contribution in [0.25, 0.3) is 0 Å². The van der Waals surface area contributed by atoms with Crippen molar-refractivity contribution in [2.75, 3.05) is 7.11 Å². The van der Waals surface area contributed by atoms with Crippen molar-refractivity contribution in [3.05, 3.63) is 64.7 Å². The third-order valence-electron chi connectivity index (χ3n) is 3.07. The minimum atomic E-state index is -0.460. The van der Waals surface area contributed by atoms with Crippen LogP contribution in [0.3, 0.4) is 0 Å². The van der Waals surface area contributed by atoms with Crippen molar-refractivity contribution in [2.45, 2.75) is 13.8 Å². The second-order valence-electron chi connectivity index (χ2n) is 4.73. The molecule has 0 atom stereocenters. The number of hydrogen-bond acceptors (Lipinski definition) is 4. The SMILES string of the molecule is COC(=O)c1ccc(C(=O)Oc2ccc(C)cc2C)cc1. The van der Waals surface area contributed by atoms with Gasteiger partial charge in [0.1, 0.15) is 5.75 Å². The number of carbonyl (C=O) groups excluding carboxylic acids is 2. The van der Waals surface area contributed by atoms with Crippen molar-refractivity contribution in [1.29, 1.82) is 0 Å². The Balaban J connectivity index is 2.15. The van der Waals surface area contributed by atoms with E-state index >= 15 is 0 Å². The molecule has 0 fully saturated rings. The zero-order valence-corrected chi connectivity index (χ0v) is 12.2. The fraction of sp³-hybridized carbons (Fsp3) is 0.176. The molecule has 0 unspecified atom stereocenters. The lowest BCUT2D eigenvalue weighted by molar-refractivity contribution is 0.0599. The van der Waals surface area contributed by atoms with Gasteiger partial charge in [-0.3, -0.25) is 0 Å². The summed E-state index contributed by atoms with van der Waals surface area (Å²) in [5, 5.41) is 0. The Bertz CT molecular complexity index is 672. The van der Waals surface area contributed by atoms with E-state index < -0.39 is 11.9 Å². The largest absolute Gasteiger partial charge is 0.465 e. The van der Waals surface area contributed by atoms with Gasteiger partial charge in [0, 0.05) is 0 Å². The molecule has 0 aliphatic rings. The summed E-state index contributed by atoms with van der Waals surface area (Å²) < 4.78 is 9.96. The third-order valence-corrected chi connectivity index (χ3v) is 3.07. The van der Waals surface area contributed by atoms with Gasteiger partial charge in [-0.05, 0) is 49.7 Å². The molecule has 2 aromatic carbocycles. The molecule has 0 radical (unpaired) electrons. The Kier molecular flexibility index (Phi) is 4.38. The van der Waals surface area contributed by atoms with Crippen LogP contribution in [0.5, 0.6) is 5.75 Å². The molecule has 0 spiro atoms. The van der Waals surface area contributed by atoms with Gasteiger partial charge in [0.2, 0.25) is 0 Å². The fourth-order valence-electron chi connectivity index (χ4n) is 1.93. The van der Waals surface area contributed by atoms with E-state index in [1.54, 1.807) is 6.07 Å². The normalized spacial score (nSPS) is 10.0. The van der Waals surface area contributed by atoms with Crippen molar-refractivity contribution in [3.63, 3.8) is 0 Å². The number of esters is 2. The molecule has 2 aromatic rings. The lowest BCUT2D eigenvalue weighted by Crippen LogP contribution is -2.10. The van der Waals surface area contributed by atoms with Crippen LogP contribution in [0, 0.1) is 13.8 Å². The zero-order valence-electron chi connectivity index (χ0n) is 12.2. The van der Waals surface area contributed by atoms with Gasteiger partial charge in [-0.2, -0.15) is 0 Å². The summed E-state index contributed by atoms with van der Waals surface area (Å²) in [7, 11) is 1.31. The molecular weight excluding hydrogens is 268 g/mol. The van der Waals surface area contributed by atoms with Crippen molar-refractivity contribution in [2.24, 2.45) is 0 Å². The summed E-state index contributed by atoms with van der Waals surface area (Å²) in [6, 6.07) is 11.7. The summed E-state index contributed by atoms with van der Waals surface area (Å²) in [5.41, 5.74) is 2.77. The van der Waals surface area contributed by atoms with Gasteiger partial charge in [0.25, 0.3) is 0 Å².